The minimum atomic E-state index is -1.09. The molecule has 0 fully saturated rings. The highest BCUT2D eigenvalue weighted by Gasteiger charge is 2.16. The third-order valence-corrected chi connectivity index (χ3v) is 5.34. The Bertz CT molecular complexity index is 1100. The standard InChI is InChI=1S/C20H18F2N4O2S/c1-11-4-3-5-17(12(11)2)26-7-6-24-20(26)29-10-18(27)25-16-8-13(19(23)28)14(21)9-15(16)22/h3-9H,10H2,1-2H3,(H2,23,28)(H,25,27). The second-order valence-electron chi connectivity index (χ2n) is 6.31. The summed E-state index contributed by atoms with van der Waals surface area (Å²) in [6, 6.07) is 7.29. The molecule has 3 rings (SSSR count). The molecule has 6 nitrogen and oxygen atoms in total. The minimum Gasteiger partial charge on any atom is -0.366 e. The molecule has 2 aromatic carbocycles. The van der Waals surface area contributed by atoms with Crippen LogP contribution in [0.4, 0.5) is 14.5 Å². The van der Waals surface area contributed by atoms with Crippen molar-refractivity contribution in [3.63, 3.8) is 0 Å². The van der Waals surface area contributed by atoms with Crippen molar-refractivity contribution in [2.45, 2.75) is 19.0 Å². The van der Waals surface area contributed by atoms with Gasteiger partial charge in [0.2, 0.25) is 5.91 Å². The van der Waals surface area contributed by atoms with Gasteiger partial charge in [-0.3, -0.25) is 14.2 Å². The number of halogens is 2. The SMILES string of the molecule is Cc1cccc(-n2ccnc2SCC(=O)Nc2cc(C(N)=O)c(F)cc2F)c1C. The number of primary amides is 1. The van der Waals surface area contributed by atoms with Gasteiger partial charge in [-0.25, -0.2) is 13.8 Å². The molecule has 1 aromatic heterocycles. The first-order valence-electron chi connectivity index (χ1n) is 8.59. The second-order valence-corrected chi connectivity index (χ2v) is 7.25. The summed E-state index contributed by atoms with van der Waals surface area (Å²) in [4.78, 5) is 27.7. The summed E-state index contributed by atoms with van der Waals surface area (Å²) in [7, 11) is 0. The number of nitrogens with two attached hydrogens (primary N) is 1. The first-order valence-corrected chi connectivity index (χ1v) is 9.58. The van der Waals surface area contributed by atoms with Crippen LogP contribution in [0.25, 0.3) is 5.69 Å². The summed E-state index contributed by atoms with van der Waals surface area (Å²) in [6.07, 6.45) is 3.42. The normalized spacial score (nSPS) is 10.8. The number of aryl methyl sites for hydroxylation is 1. The zero-order chi connectivity index (χ0) is 21.1. The lowest BCUT2D eigenvalue weighted by molar-refractivity contribution is -0.113. The molecule has 0 aliphatic carbocycles. The summed E-state index contributed by atoms with van der Waals surface area (Å²) in [5, 5.41) is 2.92. The molecule has 150 valence electrons. The summed E-state index contributed by atoms with van der Waals surface area (Å²) in [6.45, 7) is 4.01. The first kappa shape index (κ1) is 20.5. The number of hydrogen-bond donors (Lipinski definition) is 2. The lowest BCUT2D eigenvalue weighted by Crippen LogP contribution is -2.18. The Balaban J connectivity index is 1.73. The average molecular weight is 416 g/mol. The van der Waals surface area contributed by atoms with Gasteiger partial charge in [0.25, 0.3) is 5.91 Å². The van der Waals surface area contributed by atoms with E-state index in [2.05, 4.69) is 10.3 Å². The van der Waals surface area contributed by atoms with E-state index in [1.54, 1.807) is 12.4 Å². The van der Waals surface area contributed by atoms with Crippen LogP contribution in [0, 0.1) is 25.5 Å². The van der Waals surface area contributed by atoms with Gasteiger partial charge in [0.05, 0.1) is 22.7 Å². The molecule has 0 unspecified atom stereocenters. The van der Waals surface area contributed by atoms with E-state index < -0.39 is 29.0 Å². The highest BCUT2D eigenvalue weighted by atomic mass is 32.2. The quantitative estimate of drug-likeness (QED) is 0.601. The predicted octanol–water partition coefficient (Wildman–Crippen LogP) is 3.60. The van der Waals surface area contributed by atoms with E-state index in [4.69, 9.17) is 5.73 Å². The van der Waals surface area contributed by atoms with Gasteiger partial charge in [0, 0.05) is 18.5 Å². The van der Waals surface area contributed by atoms with E-state index >= 15 is 0 Å². The number of imidazole rings is 1. The number of amides is 2. The number of thioether (sulfide) groups is 1. The summed E-state index contributed by atoms with van der Waals surface area (Å²) >= 11 is 1.16. The topological polar surface area (TPSA) is 90.0 Å². The maximum absolute atomic E-state index is 13.9. The van der Waals surface area contributed by atoms with Crippen molar-refractivity contribution < 1.29 is 18.4 Å². The van der Waals surface area contributed by atoms with E-state index in [1.165, 1.54) is 0 Å². The van der Waals surface area contributed by atoms with Crippen LogP contribution in [0.3, 0.4) is 0 Å². The van der Waals surface area contributed by atoms with Gasteiger partial charge in [0.1, 0.15) is 11.6 Å². The monoisotopic (exact) mass is 416 g/mol. The molecule has 1 heterocycles. The van der Waals surface area contributed by atoms with Crippen molar-refractivity contribution in [2.24, 2.45) is 5.73 Å². The minimum absolute atomic E-state index is 0.0649. The Morgan fingerprint density at radius 3 is 2.69 bits per heavy atom. The number of carbonyl (C=O) groups excluding carboxylic acids is 2. The second kappa shape index (κ2) is 8.44. The molecule has 0 saturated carbocycles. The zero-order valence-electron chi connectivity index (χ0n) is 15.7. The molecule has 0 atom stereocenters. The lowest BCUT2D eigenvalue weighted by Gasteiger charge is -2.12. The van der Waals surface area contributed by atoms with Crippen LogP contribution in [0.2, 0.25) is 0 Å². The molecular weight excluding hydrogens is 398 g/mol. The first-order chi connectivity index (χ1) is 13.8. The molecule has 3 aromatic rings. The van der Waals surface area contributed by atoms with Gasteiger partial charge in [-0.15, -0.1) is 0 Å². The van der Waals surface area contributed by atoms with E-state index in [-0.39, 0.29) is 11.4 Å². The summed E-state index contributed by atoms with van der Waals surface area (Å²) in [5.41, 5.74) is 7.40. The average Bonchev–Trinajstić information content (AvgIpc) is 3.12. The molecule has 0 aliphatic heterocycles. The van der Waals surface area contributed by atoms with Crippen LogP contribution in [0.1, 0.15) is 21.5 Å². The van der Waals surface area contributed by atoms with E-state index in [9.17, 15) is 18.4 Å². The van der Waals surface area contributed by atoms with E-state index in [0.717, 1.165) is 34.6 Å². The molecule has 0 aliphatic rings. The van der Waals surface area contributed by atoms with Gasteiger partial charge in [-0.1, -0.05) is 23.9 Å². The van der Waals surface area contributed by atoms with Crippen molar-refractivity contribution in [3.8, 4) is 5.69 Å². The lowest BCUT2D eigenvalue weighted by atomic mass is 10.1. The number of benzene rings is 2. The van der Waals surface area contributed by atoms with Crippen LogP contribution in [-0.4, -0.2) is 27.1 Å². The van der Waals surface area contributed by atoms with Crippen LogP contribution < -0.4 is 11.1 Å². The van der Waals surface area contributed by atoms with Crippen LogP contribution >= 0.6 is 11.8 Å². The number of anilines is 1. The fraction of sp³-hybridized carbons (Fsp3) is 0.150. The maximum atomic E-state index is 13.9. The van der Waals surface area contributed by atoms with Gasteiger partial charge in [-0.05, 0) is 37.1 Å². The number of nitrogens with one attached hydrogen (secondary N) is 1. The Hall–Kier alpha value is -3.20. The molecule has 2 amide bonds. The van der Waals surface area contributed by atoms with E-state index in [1.807, 2.05) is 36.6 Å². The maximum Gasteiger partial charge on any atom is 0.251 e. The molecule has 0 radical (unpaired) electrons. The molecule has 0 saturated heterocycles. The van der Waals surface area contributed by atoms with Crippen molar-refractivity contribution in [3.05, 3.63) is 71.1 Å². The third-order valence-electron chi connectivity index (χ3n) is 4.37. The Morgan fingerprint density at radius 1 is 1.21 bits per heavy atom. The molecule has 0 bridgehead atoms. The number of carbonyl (C=O) groups is 2. The van der Waals surface area contributed by atoms with Gasteiger partial charge in [0.15, 0.2) is 5.16 Å². The highest BCUT2D eigenvalue weighted by Crippen LogP contribution is 2.25. The van der Waals surface area contributed by atoms with Crippen molar-refractivity contribution in [2.75, 3.05) is 11.1 Å². The van der Waals surface area contributed by atoms with Crippen LogP contribution in [0.5, 0.6) is 0 Å². The van der Waals surface area contributed by atoms with E-state index in [0.29, 0.717) is 11.2 Å². The zero-order valence-corrected chi connectivity index (χ0v) is 16.5. The highest BCUT2D eigenvalue weighted by molar-refractivity contribution is 7.99. The molecule has 9 heteroatoms. The molecule has 0 spiro atoms. The Kier molecular flexibility index (Phi) is 5.97. The Morgan fingerprint density at radius 2 is 1.97 bits per heavy atom. The molecule has 3 N–H and O–H groups in total. The third kappa shape index (κ3) is 4.45. The predicted molar refractivity (Wildman–Crippen MR) is 107 cm³/mol. The largest absolute Gasteiger partial charge is 0.366 e. The number of rotatable bonds is 6. The molecular formula is C20H18F2N4O2S. The van der Waals surface area contributed by atoms with Crippen LogP contribution in [0.15, 0.2) is 47.9 Å². The fourth-order valence-electron chi connectivity index (χ4n) is 2.73. The number of hydrogen-bond acceptors (Lipinski definition) is 4. The van der Waals surface area contributed by atoms with Gasteiger partial charge >= 0.3 is 0 Å². The number of nitrogens with zero attached hydrogens (tertiary/aromatic N) is 2. The fourth-order valence-corrected chi connectivity index (χ4v) is 3.49. The van der Waals surface area contributed by atoms with Crippen molar-refractivity contribution in [1.82, 2.24) is 9.55 Å². The van der Waals surface area contributed by atoms with Gasteiger partial charge in [-0.2, -0.15) is 0 Å². The van der Waals surface area contributed by atoms with Crippen molar-refractivity contribution >= 4 is 29.3 Å². The number of aromatic nitrogens is 2. The van der Waals surface area contributed by atoms with Crippen molar-refractivity contribution in [1.29, 1.82) is 0 Å². The van der Waals surface area contributed by atoms with Gasteiger partial charge < -0.3 is 11.1 Å². The smallest absolute Gasteiger partial charge is 0.251 e. The Labute approximate surface area is 170 Å². The van der Waals surface area contributed by atoms with Crippen LogP contribution in [-0.2, 0) is 4.79 Å². The summed E-state index contributed by atoms with van der Waals surface area (Å²) < 4.78 is 29.3. The summed E-state index contributed by atoms with van der Waals surface area (Å²) in [5.74, 6) is -3.74. The molecule has 29 heavy (non-hydrogen) atoms.